The van der Waals surface area contributed by atoms with Gasteiger partial charge in [-0.2, -0.15) is 5.10 Å². The molecule has 2 bridgehead atoms. The van der Waals surface area contributed by atoms with Crippen LogP contribution in [0, 0.1) is 5.92 Å². The zero-order valence-electron chi connectivity index (χ0n) is 21.8. The fraction of sp³-hybridized carbons (Fsp3) is 0.607. The third-order valence-electron chi connectivity index (χ3n) is 7.67. The van der Waals surface area contributed by atoms with Gasteiger partial charge in [-0.1, -0.05) is 45.4 Å². The number of piperidine rings is 1. The monoisotopic (exact) mass is 479 g/mol. The first-order chi connectivity index (χ1) is 16.9. The number of aryl methyl sites for hydroxylation is 1. The molecule has 0 spiro atoms. The Morgan fingerprint density at radius 1 is 1.09 bits per heavy atom. The van der Waals surface area contributed by atoms with Gasteiger partial charge in [-0.05, 0) is 55.8 Å². The van der Waals surface area contributed by atoms with Gasteiger partial charge in [0.05, 0.1) is 0 Å². The number of aromatic nitrogens is 2. The van der Waals surface area contributed by atoms with E-state index in [0.717, 1.165) is 56.4 Å². The van der Waals surface area contributed by atoms with Crippen LogP contribution in [0.4, 0.5) is 5.69 Å². The fourth-order valence-corrected chi connectivity index (χ4v) is 5.68. The van der Waals surface area contributed by atoms with Gasteiger partial charge in [-0.3, -0.25) is 19.2 Å². The van der Waals surface area contributed by atoms with Crippen LogP contribution in [-0.2, 0) is 18.4 Å². The SMILES string of the molecule is CCC(=O)N1CCC2CCCC(CN(C(=O)c3ccnn3C)Cc3ccccc31)N2CCC(C)C. The van der Waals surface area contributed by atoms with Gasteiger partial charge in [0.25, 0.3) is 5.91 Å². The molecular formula is C28H41N5O2. The van der Waals surface area contributed by atoms with E-state index in [1.54, 1.807) is 16.9 Å². The number of anilines is 1. The van der Waals surface area contributed by atoms with Crippen molar-refractivity contribution in [3.63, 3.8) is 0 Å². The van der Waals surface area contributed by atoms with Crippen molar-refractivity contribution in [1.82, 2.24) is 19.6 Å². The van der Waals surface area contributed by atoms with Crippen LogP contribution in [0.2, 0.25) is 0 Å². The maximum atomic E-state index is 13.8. The number of nitrogens with zero attached hydrogens (tertiary/aromatic N) is 5. The van der Waals surface area contributed by atoms with E-state index in [9.17, 15) is 9.59 Å². The lowest BCUT2D eigenvalue weighted by Crippen LogP contribution is -2.53. The molecule has 1 fully saturated rings. The van der Waals surface area contributed by atoms with Gasteiger partial charge in [0.2, 0.25) is 5.91 Å². The summed E-state index contributed by atoms with van der Waals surface area (Å²) < 4.78 is 1.66. The Bertz CT molecular complexity index is 1020. The van der Waals surface area contributed by atoms with Crippen LogP contribution in [-0.4, -0.2) is 63.1 Å². The molecule has 7 nitrogen and oxygen atoms in total. The van der Waals surface area contributed by atoms with E-state index in [1.807, 2.05) is 42.0 Å². The number of hydrogen-bond donors (Lipinski definition) is 0. The summed E-state index contributed by atoms with van der Waals surface area (Å²) in [6.07, 6.45) is 7.67. The highest BCUT2D eigenvalue weighted by Gasteiger charge is 2.35. The van der Waals surface area contributed by atoms with Crippen LogP contribution < -0.4 is 4.90 Å². The van der Waals surface area contributed by atoms with Crippen molar-refractivity contribution in [1.29, 1.82) is 0 Å². The molecular weight excluding hydrogens is 438 g/mol. The fourth-order valence-electron chi connectivity index (χ4n) is 5.68. The van der Waals surface area contributed by atoms with Crippen molar-refractivity contribution >= 4 is 17.5 Å². The molecule has 2 amide bonds. The van der Waals surface area contributed by atoms with Crippen LogP contribution in [0.25, 0.3) is 0 Å². The first kappa shape index (κ1) is 25.4. The second kappa shape index (κ2) is 11.4. The van der Waals surface area contributed by atoms with Crippen LogP contribution in [0.1, 0.15) is 75.3 Å². The van der Waals surface area contributed by atoms with Crippen LogP contribution in [0.15, 0.2) is 36.5 Å². The summed E-state index contributed by atoms with van der Waals surface area (Å²) >= 11 is 0. The van der Waals surface area contributed by atoms with Gasteiger partial charge >= 0.3 is 0 Å². The van der Waals surface area contributed by atoms with Gasteiger partial charge in [-0.15, -0.1) is 0 Å². The molecule has 4 rings (SSSR count). The van der Waals surface area contributed by atoms with Gasteiger partial charge in [0.15, 0.2) is 0 Å². The van der Waals surface area contributed by atoms with Crippen LogP contribution in [0.3, 0.4) is 0 Å². The molecule has 1 saturated heterocycles. The summed E-state index contributed by atoms with van der Waals surface area (Å²) in [6, 6.07) is 10.7. The summed E-state index contributed by atoms with van der Waals surface area (Å²) in [6.45, 7) is 9.41. The van der Waals surface area contributed by atoms with Crippen molar-refractivity contribution < 1.29 is 9.59 Å². The molecule has 2 unspecified atom stereocenters. The minimum Gasteiger partial charge on any atom is -0.331 e. The van der Waals surface area contributed by atoms with Crippen LogP contribution in [0.5, 0.6) is 0 Å². The Balaban J connectivity index is 1.76. The molecule has 0 aliphatic carbocycles. The Morgan fingerprint density at radius 3 is 2.57 bits per heavy atom. The quantitative estimate of drug-likeness (QED) is 0.634. The Labute approximate surface area is 210 Å². The number of fused-ring (bicyclic) bond motifs is 3. The Hall–Kier alpha value is -2.67. The van der Waals surface area contributed by atoms with Crippen molar-refractivity contribution in [3.8, 4) is 0 Å². The molecule has 2 aromatic rings. The average Bonchev–Trinajstić information content (AvgIpc) is 3.28. The zero-order valence-corrected chi connectivity index (χ0v) is 21.8. The summed E-state index contributed by atoms with van der Waals surface area (Å²) in [5.74, 6) is 0.768. The van der Waals surface area contributed by atoms with Crippen molar-refractivity contribution in [2.45, 2.75) is 77.9 Å². The largest absolute Gasteiger partial charge is 0.331 e. The maximum Gasteiger partial charge on any atom is 0.272 e. The topological polar surface area (TPSA) is 61.7 Å². The number of hydrogen-bond acceptors (Lipinski definition) is 4. The number of para-hydroxylation sites is 1. The third-order valence-corrected chi connectivity index (χ3v) is 7.67. The Morgan fingerprint density at radius 2 is 1.86 bits per heavy atom. The highest BCUT2D eigenvalue weighted by atomic mass is 16.2. The maximum absolute atomic E-state index is 13.8. The highest BCUT2D eigenvalue weighted by Crippen LogP contribution is 2.31. The highest BCUT2D eigenvalue weighted by molar-refractivity contribution is 5.95. The molecule has 3 heterocycles. The molecule has 35 heavy (non-hydrogen) atoms. The second-order valence-electron chi connectivity index (χ2n) is 10.5. The standard InChI is InChI=1S/C28H41N5O2/c1-5-27(34)33-18-15-23-10-8-11-24(32(23)17-14-21(2)3)20-31(19-22-9-6-7-12-25(22)33)28(35)26-13-16-29-30(26)4/h6-7,9,12-13,16,21,23-24H,5,8,10-11,14-15,17-20H2,1-4H3. The number of rotatable bonds is 5. The first-order valence-corrected chi connectivity index (χ1v) is 13.3. The van der Waals surface area contributed by atoms with E-state index < -0.39 is 0 Å². The number of carbonyl (C=O) groups is 2. The number of benzene rings is 1. The predicted molar refractivity (Wildman–Crippen MR) is 139 cm³/mol. The molecule has 1 aromatic carbocycles. The number of amides is 2. The van der Waals surface area contributed by atoms with E-state index in [2.05, 4.69) is 29.9 Å². The predicted octanol–water partition coefficient (Wildman–Crippen LogP) is 4.48. The van der Waals surface area contributed by atoms with Gasteiger partial charge < -0.3 is 9.80 Å². The number of carbonyl (C=O) groups excluding carboxylic acids is 2. The molecule has 7 heteroatoms. The summed E-state index contributed by atoms with van der Waals surface area (Å²) in [5, 5.41) is 4.25. The molecule has 2 atom stereocenters. The molecule has 0 radical (unpaired) electrons. The summed E-state index contributed by atoms with van der Waals surface area (Å²) in [7, 11) is 1.82. The van der Waals surface area contributed by atoms with E-state index >= 15 is 0 Å². The van der Waals surface area contributed by atoms with E-state index in [4.69, 9.17) is 0 Å². The lowest BCUT2D eigenvalue weighted by atomic mass is 9.92. The molecule has 2 aliphatic heterocycles. The van der Waals surface area contributed by atoms with Gasteiger partial charge in [-0.25, -0.2) is 0 Å². The lowest BCUT2D eigenvalue weighted by molar-refractivity contribution is -0.118. The van der Waals surface area contributed by atoms with Crippen molar-refractivity contribution in [2.24, 2.45) is 13.0 Å². The lowest BCUT2D eigenvalue weighted by Gasteiger charge is -2.44. The van der Waals surface area contributed by atoms with Gasteiger partial charge in [0, 0.05) is 57.1 Å². The second-order valence-corrected chi connectivity index (χ2v) is 10.5. The molecule has 2 aliphatic rings. The minimum atomic E-state index is -0.00153. The minimum absolute atomic E-state index is 0.00153. The van der Waals surface area contributed by atoms with Crippen LogP contribution >= 0.6 is 0 Å². The Kier molecular flexibility index (Phi) is 8.26. The summed E-state index contributed by atoms with van der Waals surface area (Å²) in [5.41, 5.74) is 2.56. The van der Waals surface area contributed by atoms with E-state index in [-0.39, 0.29) is 11.8 Å². The molecule has 1 aromatic heterocycles. The van der Waals surface area contributed by atoms with Crippen molar-refractivity contribution in [3.05, 3.63) is 47.8 Å². The zero-order chi connectivity index (χ0) is 24.9. The van der Waals surface area contributed by atoms with Gasteiger partial charge in [0.1, 0.15) is 5.69 Å². The first-order valence-electron chi connectivity index (χ1n) is 13.3. The molecule has 0 saturated carbocycles. The molecule has 0 N–H and O–H groups in total. The summed E-state index contributed by atoms with van der Waals surface area (Å²) in [4.78, 5) is 33.6. The smallest absolute Gasteiger partial charge is 0.272 e. The average molecular weight is 480 g/mol. The normalized spacial score (nSPS) is 21.5. The van der Waals surface area contributed by atoms with Crippen molar-refractivity contribution in [2.75, 3.05) is 24.5 Å². The van der Waals surface area contributed by atoms with E-state index in [0.29, 0.717) is 43.2 Å². The molecule has 190 valence electrons. The third kappa shape index (κ3) is 5.77. The van der Waals surface area contributed by atoms with E-state index in [1.165, 1.54) is 0 Å².